The maximum absolute atomic E-state index is 6.14. The first kappa shape index (κ1) is 13.8. The van der Waals surface area contributed by atoms with Gasteiger partial charge in [-0.05, 0) is 26.0 Å². The van der Waals surface area contributed by atoms with Crippen LogP contribution in [0.3, 0.4) is 0 Å². The molecule has 5 nitrogen and oxygen atoms in total. The summed E-state index contributed by atoms with van der Waals surface area (Å²) in [7, 11) is 3.30. The number of benzene rings is 1. The topological polar surface area (TPSA) is 62.3 Å². The molecule has 2 aromatic rings. The summed E-state index contributed by atoms with van der Waals surface area (Å²) in [6.07, 6.45) is 0. The third kappa shape index (κ3) is 2.57. The molecule has 1 heterocycles. The molecule has 1 aromatic heterocycles. The first-order chi connectivity index (χ1) is 9.08. The van der Waals surface area contributed by atoms with Crippen LogP contribution < -0.4 is 10.5 Å². The summed E-state index contributed by atoms with van der Waals surface area (Å²) in [5.74, 6) is 1.65. The summed E-state index contributed by atoms with van der Waals surface area (Å²) in [5.41, 5.74) is 8.10. The predicted molar refractivity (Wildman–Crippen MR) is 75.5 cm³/mol. The molecule has 5 heteroatoms. The molecular weight excluding hydrogens is 242 g/mol. The molecule has 19 heavy (non-hydrogen) atoms. The molecule has 0 fully saturated rings. The minimum absolute atomic E-state index is 0.231. The van der Waals surface area contributed by atoms with Crippen LogP contribution in [0, 0.1) is 0 Å². The van der Waals surface area contributed by atoms with Crippen molar-refractivity contribution in [2.45, 2.75) is 25.9 Å². The molecule has 0 aliphatic heterocycles. The number of fused-ring (bicyclic) bond motifs is 1. The second-order valence-electron chi connectivity index (χ2n) is 4.85. The van der Waals surface area contributed by atoms with Gasteiger partial charge in [0, 0.05) is 19.2 Å². The van der Waals surface area contributed by atoms with E-state index in [0.29, 0.717) is 6.61 Å². The van der Waals surface area contributed by atoms with Crippen LogP contribution in [0.2, 0.25) is 0 Å². The lowest BCUT2D eigenvalue weighted by Crippen LogP contribution is -2.21. The van der Waals surface area contributed by atoms with Gasteiger partial charge in [-0.3, -0.25) is 0 Å². The van der Waals surface area contributed by atoms with Crippen molar-refractivity contribution in [1.29, 1.82) is 0 Å². The molecule has 0 saturated carbocycles. The Hall–Kier alpha value is -1.59. The van der Waals surface area contributed by atoms with Crippen molar-refractivity contribution in [2.75, 3.05) is 20.8 Å². The second kappa shape index (κ2) is 5.59. The lowest BCUT2D eigenvalue weighted by Gasteiger charge is -2.17. The van der Waals surface area contributed by atoms with Gasteiger partial charge in [-0.1, -0.05) is 0 Å². The van der Waals surface area contributed by atoms with E-state index in [9.17, 15) is 0 Å². The third-order valence-electron chi connectivity index (χ3n) is 3.12. The Bertz CT molecular complexity index is 563. The molecule has 2 rings (SSSR count). The summed E-state index contributed by atoms with van der Waals surface area (Å²) in [6.45, 7) is 4.69. The standard InChI is InChI=1S/C14H21N3O2/c1-9(2)17-13-6-5-10(19-4)7-12(13)16-14(17)11(15)8-18-3/h5-7,9,11H,8,15H2,1-4H3. The second-order valence-corrected chi connectivity index (χ2v) is 4.85. The number of rotatable bonds is 5. The number of ether oxygens (including phenoxy) is 2. The monoisotopic (exact) mass is 263 g/mol. The van der Waals surface area contributed by atoms with E-state index in [0.717, 1.165) is 22.6 Å². The molecule has 1 aromatic carbocycles. The van der Waals surface area contributed by atoms with E-state index >= 15 is 0 Å². The van der Waals surface area contributed by atoms with Gasteiger partial charge in [-0.15, -0.1) is 0 Å². The quantitative estimate of drug-likeness (QED) is 0.899. The van der Waals surface area contributed by atoms with E-state index in [1.165, 1.54) is 0 Å². The average molecular weight is 263 g/mol. The van der Waals surface area contributed by atoms with Crippen LogP contribution in [0.5, 0.6) is 5.75 Å². The number of nitrogens with zero attached hydrogens (tertiary/aromatic N) is 2. The maximum Gasteiger partial charge on any atom is 0.129 e. The molecule has 0 bridgehead atoms. The maximum atomic E-state index is 6.14. The van der Waals surface area contributed by atoms with Gasteiger partial charge < -0.3 is 19.8 Å². The van der Waals surface area contributed by atoms with Gasteiger partial charge in [0.2, 0.25) is 0 Å². The average Bonchev–Trinajstić information content (AvgIpc) is 2.77. The Morgan fingerprint density at radius 1 is 1.32 bits per heavy atom. The zero-order chi connectivity index (χ0) is 14.0. The predicted octanol–water partition coefficient (Wildman–Crippen LogP) is 2.27. The van der Waals surface area contributed by atoms with Gasteiger partial charge in [0.25, 0.3) is 0 Å². The molecule has 1 atom stereocenters. The Morgan fingerprint density at radius 3 is 2.63 bits per heavy atom. The molecule has 0 saturated heterocycles. The number of imidazole rings is 1. The molecule has 2 N–H and O–H groups in total. The van der Waals surface area contributed by atoms with Crippen LogP contribution in [0.4, 0.5) is 0 Å². The highest BCUT2D eigenvalue weighted by Crippen LogP contribution is 2.27. The number of nitrogens with two attached hydrogens (primary N) is 1. The molecule has 0 spiro atoms. The summed E-state index contributed by atoms with van der Waals surface area (Å²) >= 11 is 0. The van der Waals surface area contributed by atoms with E-state index in [-0.39, 0.29) is 12.1 Å². The Morgan fingerprint density at radius 2 is 2.05 bits per heavy atom. The number of hydrogen-bond donors (Lipinski definition) is 1. The number of aromatic nitrogens is 2. The molecule has 0 aliphatic carbocycles. The highest BCUT2D eigenvalue weighted by Gasteiger charge is 2.19. The summed E-state index contributed by atoms with van der Waals surface area (Å²) in [4.78, 5) is 4.64. The lowest BCUT2D eigenvalue weighted by atomic mass is 10.2. The molecule has 1 unspecified atom stereocenters. The van der Waals surface area contributed by atoms with E-state index in [1.54, 1.807) is 14.2 Å². The van der Waals surface area contributed by atoms with Crippen LogP contribution >= 0.6 is 0 Å². The highest BCUT2D eigenvalue weighted by atomic mass is 16.5. The van der Waals surface area contributed by atoms with E-state index in [2.05, 4.69) is 23.4 Å². The van der Waals surface area contributed by atoms with Gasteiger partial charge in [-0.2, -0.15) is 0 Å². The first-order valence-electron chi connectivity index (χ1n) is 6.38. The van der Waals surface area contributed by atoms with Crippen molar-refractivity contribution in [1.82, 2.24) is 9.55 Å². The summed E-state index contributed by atoms with van der Waals surface area (Å²) in [6, 6.07) is 5.94. The van der Waals surface area contributed by atoms with Gasteiger partial charge >= 0.3 is 0 Å². The minimum atomic E-state index is -0.231. The fraction of sp³-hybridized carbons (Fsp3) is 0.500. The van der Waals surface area contributed by atoms with Crippen LogP contribution in [0.1, 0.15) is 31.8 Å². The first-order valence-corrected chi connectivity index (χ1v) is 6.38. The summed E-state index contributed by atoms with van der Waals surface area (Å²) in [5, 5.41) is 0. The third-order valence-corrected chi connectivity index (χ3v) is 3.12. The van der Waals surface area contributed by atoms with Crippen molar-refractivity contribution in [2.24, 2.45) is 5.73 Å². The van der Waals surface area contributed by atoms with E-state index < -0.39 is 0 Å². The van der Waals surface area contributed by atoms with Crippen molar-refractivity contribution in [3.05, 3.63) is 24.0 Å². The molecule has 0 aliphatic rings. The zero-order valence-electron chi connectivity index (χ0n) is 11.9. The van der Waals surface area contributed by atoms with Gasteiger partial charge in [-0.25, -0.2) is 4.98 Å². The number of methoxy groups -OCH3 is 2. The summed E-state index contributed by atoms with van der Waals surface area (Å²) < 4.78 is 12.5. The van der Waals surface area contributed by atoms with E-state index in [1.807, 2.05) is 18.2 Å². The number of hydrogen-bond acceptors (Lipinski definition) is 4. The van der Waals surface area contributed by atoms with E-state index in [4.69, 9.17) is 15.2 Å². The van der Waals surface area contributed by atoms with Crippen molar-refractivity contribution in [3.63, 3.8) is 0 Å². The Labute approximate surface area is 113 Å². The largest absolute Gasteiger partial charge is 0.497 e. The SMILES string of the molecule is COCC(N)c1nc2cc(OC)ccc2n1C(C)C. The lowest BCUT2D eigenvalue weighted by molar-refractivity contribution is 0.176. The smallest absolute Gasteiger partial charge is 0.129 e. The van der Waals surface area contributed by atoms with Gasteiger partial charge in [0.15, 0.2) is 0 Å². The zero-order valence-corrected chi connectivity index (χ0v) is 11.9. The van der Waals surface area contributed by atoms with Crippen molar-refractivity contribution >= 4 is 11.0 Å². The molecular formula is C14H21N3O2. The van der Waals surface area contributed by atoms with Crippen molar-refractivity contribution < 1.29 is 9.47 Å². The Kier molecular flexibility index (Phi) is 4.07. The van der Waals surface area contributed by atoms with Crippen LogP contribution in [-0.2, 0) is 4.74 Å². The fourth-order valence-corrected chi connectivity index (χ4v) is 2.28. The fourth-order valence-electron chi connectivity index (χ4n) is 2.28. The Balaban J connectivity index is 2.58. The molecule has 104 valence electrons. The minimum Gasteiger partial charge on any atom is -0.497 e. The van der Waals surface area contributed by atoms with Gasteiger partial charge in [0.1, 0.15) is 11.6 Å². The van der Waals surface area contributed by atoms with Crippen LogP contribution in [-0.4, -0.2) is 30.4 Å². The van der Waals surface area contributed by atoms with Gasteiger partial charge in [0.05, 0.1) is 30.8 Å². The highest BCUT2D eigenvalue weighted by molar-refractivity contribution is 5.78. The van der Waals surface area contributed by atoms with Crippen LogP contribution in [0.25, 0.3) is 11.0 Å². The molecule has 0 amide bonds. The van der Waals surface area contributed by atoms with Crippen LogP contribution in [0.15, 0.2) is 18.2 Å². The normalized spacial score (nSPS) is 13.2. The van der Waals surface area contributed by atoms with Crippen molar-refractivity contribution in [3.8, 4) is 5.75 Å². The molecule has 0 radical (unpaired) electrons.